The first-order chi connectivity index (χ1) is 12.0. The lowest BCUT2D eigenvalue weighted by Crippen LogP contribution is -2.54. The molecule has 1 aliphatic heterocycles. The molecule has 0 spiro atoms. The van der Waals surface area contributed by atoms with E-state index in [-0.39, 0.29) is 19.6 Å². The zero-order valence-corrected chi connectivity index (χ0v) is 14.2. The van der Waals surface area contributed by atoms with Gasteiger partial charge in [-0.2, -0.15) is 17.4 Å². The van der Waals surface area contributed by atoms with Gasteiger partial charge in [0.25, 0.3) is 10.2 Å². The first-order valence-electron chi connectivity index (χ1n) is 7.81. The molecule has 0 aliphatic carbocycles. The van der Waals surface area contributed by atoms with Crippen molar-refractivity contribution in [2.45, 2.75) is 12.6 Å². The van der Waals surface area contributed by atoms with Gasteiger partial charge in [0.2, 0.25) is 5.91 Å². The second-order valence-electron chi connectivity index (χ2n) is 5.67. The molecular weight excluding hydrogens is 345 g/mol. The summed E-state index contributed by atoms with van der Waals surface area (Å²) < 4.78 is 42.5. The smallest absolute Gasteiger partial charge is 0.280 e. The number of nitrogens with one attached hydrogen (secondary N) is 2. The fourth-order valence-electron chi connectivity index (χ4n) is 2.75. The number of carbonyl (C=O) groups is 1. The van der Waals surface area contributed by atoms with Crippen LogP contribution in [-0.4, -0.2) is 31.7 Å². The van der Waals surface area contributed by atoms with Crippen LogP contribution in [0, 0.1) is 5.82 Å². The molecule has 2 aromatic rings. The molecule has 1 atom stereocenters. The summed E-state index contributed by atoms with van der Waals surface area (Å²) in [7, 11) is -3.92. The molecule has 132 valence electrons. The van der Waals surface area contributed by atoms with Crippen molar-refractivity contribution in [1.82, 2.24) is 14.3 Å². The number of nitrogens with zero attached hydrogens (tertiary/aromatic N) is 1. The van der Waals surface area contributed by atoms with Crippen LogP contribution in [0.4, 0.5) is 4.39 Å². The van der Waals surface area contributed by atoms with E-state index in [0.717, 1.165) is 9.87 Å². The third-order valence-electron chi connectivity index (χ3n) is 3.94. The van der Waals surface area contributed by atoms with E-state index in [9.17, 15) is 17.6 Å². The third kappa shape index (κ3) is 4.04. The number of hydrogen-bond acceptors (Lipinski definition) is 3. The molecule has 2 N–H and O–H groups in total. The Balaban J connectivity index is 1.85. The van der Waals surface area contributed by atoms with Crippen LogP contribution in [0.25, 0.3) is 0 Å². The molecule has 1 heterocycles. The predicted molar refractivity (Wildman–Crippen MR) is 91.1 cm³/mol. The van der Waals surface area contributed by atoms with Gasteiger partial charge in [0.1, 0.15) is 11.9 Å². The summed E-state index contributed by atoms with van der Waals surface area (Å²) in [5, 5.41) is 2.63. The van der Waals surface area contributed by atoms with E-state index in [1.54, 1.807) is 18.2 Å². The third-order valence-corrected chi connectivity index (χ3v) is 5.46. The van der Waals surface area contributed by atoms with E-state index in [1.165, 1.54) is 18.2 Å². The van der Waals surface area contributed by atoms with Crippen LogP contribution >= 0.6 is 0 Å². The molecule has 25 heavy (non-hydrogen) atoms. The Morgan fingerprint density at radius 2 is 1.92 bits per heavy atom. The van der Waals surface area contributed by atoms with Crippen LogP contribution in [0.15, 0.2) is 54.6 Å². The van der Waals surface area contributed by atoms with Gasteiger partial charge in [-0.1, -0.05) is 42.5 Å². The Morgan fingerprint density at radius 3 is 2.64 bits per heavy atom. The van der Waals surface area contributed by atoms with Gasteiger partial charge in [-0.05, 0) is 23.3 Å². The van der Waals surface area contributed by atoms with E-state index in [2.05, 4.69) is 10.0 Å². The number of rotatable bonds is 5. The van der Waals surface area contributed by atoms with Crippen molar-refractivity contribution in [1.29, 1.82) is 0 Å². The predicted octanol–water partition coefficient (Wildman–Crippen LogP) is 1.33. The highest BCUT2D eigenvalue weighted by molar-refractivity contribution is 7.87. The maximum absolute atomic E-state index is 13.5. The Hall–Kier alpha value is -2.29. The van der Waals surface area contributed by atoms with Crippen LogP contribution < -0.4 is 10.0 Å². The number of carbonyl (C=O) groups excluding carboxylic acids is 1. The summed E-state index contributed by atoms with van der Waals surface area (Å²) in [6.07, 6.45) is 0. The topological polar surface area (TPSA) is 78.5 Å². The number of amides is 1. The number of benzene rings is 2. The number of hydrogen-bond donors (Lipinski definition) is 2. The van der Waals surface area contributed by atoms with Gasteiger partial charge in [-0.25, -0.2) is 4.39 Å². The van der Waals surface area contributed by atoms with Gasteiger partial charge in [0, 0.05) is 19.6 Å². The summed E-state index contributed by atoms with van der Waals surface area (Å²) in [5.74, 6) is -0.993. The summed E-state index contributed by atoms with van der Waals surface area (Å²) >= 11 is 0. The summed E-state index contributed by atoms with van der Waals surface area (Å²) in [4.78, 5) is 12.3. The van der Waals surface area contributed by atoms with Gasteiger partial charge in [-0.3, -0.25) is 4.79 Å². The highest BCUT2D eigenvalue weighted by Gasteiger charge is 2.38. The van der Waals surface area contributed by atoms with Gasteiger partial charge in [0.15, 0.2) is 0 Å². The Labute approximate surface area is 145 Å². The molecule has 6 nitrogen and oxygen atoms in total. The van der Waals surface area contributed by atoms with Crippen LogP contribution in [-0.2, 0) is 21.5 Å². The van der Waals surface area contributed by atoms with Crippen molar-refractivity contribution >= 4 is 16.1 Å². The van der Waals surface area contributed by atoms with Crippen LogP contribution in [0.3, 0.4) is 0 Å². The average molecular weight is 363 g/mol. The lowest BCUT2D eigenvalue weighted by Gasteiger charge is -2.34. The van der Waals surface area contributed by atoms with Crippen molar-refractivity contribution in [2.24, 2.45) is 0 Å². The Kier molecular flexibility index (Phi) is 5.12. The zero-order valence-electron chi connectivity index (χ0n) is 13.4. The molecule has 1 aliphatic rings. The number of piperazine rings is 1. The molecule has 0 radical (unpaired) electrons. The summed E-state index contributed by atoms with van der Waals surface area (Å²) in [5.41, 5.74) is 1.09. The zero-order chi connectivity index (χ0) is 17.9. The highest BCUT2D eigenvalue weighted by atomic mass is 32.2. The van der Waals surface area contributed by atoms with E-state index < -0.39 is 28.0 Å². The van der Waals surface area contributed by atoms with Gasteiger partial charge in [-0.15, -0.1) is 0 Å². The maximum atomic E-state index is 13.5. The second-order valence-corrected chi connectivity index (χ2v) is 7.38. The lowest BCUT2D eigenvalue weighted by molar-refractivity contribution is -0.126. The number of halogens is 1. The summed E-state index contributed by atoms with van der Waals surface area (Å²) in [6.45, 7) is 0.422. The standard InChI is InChI=1S/C17H18FN3O3S/c18-15-8-4-7-14(11-15)16-17(22)19-9-10-21(16)25(23,24)20-12-13-5-2-1-3-6-13/h1-8,11,16,20H,9-10,12H2,(H,19,22)/t16-/m1/s1. The molecular formula is C17H18FN3O3S. The average Bonchev–Trinajstić information content (AvgIpc) is 2.61. The molecule has 0 bridgehead atoms. The SMILES string of the molecule is O=C1NCCN(S(=O)(=O)NCc2ccccc2)[C@@H]1c1cccc(F)c1. The second kappa shape index (κ2) is 7.30. The fourth-order valence-corrected chi connectivity index (χ4v) is 4.09. The molecule has 0 aromatic heterocycles. The fraction of sp³-hybridized carbons (Fsp3) is 0.235. The quantitative estimate of drug-likeness (QED) is 0.841. The Bertz CT molecular complexity index is 858. The largest absolute Gasteiger partial charge is 0.353 e. The minimum Gasteiger partial charge on any atom is -0.353 e. The van der Waals surface area contributed by atoms with Crippen molar-refractivity contribution in [3.8, 4) is 0 Å². The molecule has 3 rings (SSSR count). The van der Waals surface area contributed by atoms with E-state index in [4.69, 9.17) is 0 Å². The van der Waals surface area contributed by atoms with Gasteiger partial charge >= 0.3 is 0 Å². The molecule has 1 amide bonds. The van der Waals surface area contributed by atoms with Crippen LogP contribution in [0.1, 0.15) is 17.2 Å². The Morgan fingerprint density at radius 1 is 1.16 bits per heavy atom. The molecule has 1 fully saturated rings. The van der Waals surface area contributed by atoms with Crippen molar-refractivity contribution in [3.05, 3.63) is 71.5 Å². The van der Waals surface area contributed by atoms with E-state index in [0.29, 0.717) is 5.56 Å². The van der Waals surface area contributed by atoms with E-state index in [1.807, 2.05) is 18.2 Å². The van der Waals surface area contributed by atoms with Crippen molar-refractivity contribution < 1.29 is 17.6 Å². The van der Waals surface area contributed by atoms with Crippen LogP contribution in [0.2, 0.25) is 0 Å². The highest BCUT2D eigenvalue weighted by Crippen LogP contribution is 2.26. The van der Waals surface area contributed by atoms with Crippen molar-refractivity contribution in [3.63, 3.8) is 0 Å². The lowest BCUT2D eigenvalue weighted by atomic mass is 10.0. The van der Waals surface area contributed by atoms with Gasteiger partial charge in [0.05, 0.1) is 0 Å². The molecule has 0 unspecified atom stereocenters. The minimum atomic E-state index is -3.92. The first-order valence-corrected chi connectivity index (χ1v) is 9.25. The van der Waals surface area contributed by atoms with Gasteiger partial charge < -0.3 is 5.32 Å². The molecule has 0 saturated carbocycles. The summed E-state index contributed by atoms with van der Waals surface area (Å²) in [6, 6.07) is 13.4. The van der Waals surface area contributed by atoms with Crippen molar-refractivity contribution in [2.75, 3.05) is 13.1 Å². The van der Waals surface area contributed by atoms with E-state index >= 15 is 0 Å². The normalized spacial score (nSPS) is 18.8. The van der Waals surface area contributed by atoms with Crippen LogP contribution in [0.5, 0.6) is 0 Å². The molecule has 2 aromatic carbocycles. The monoisotopic (exact) mass is 363 g/mol. The maximum Gasteiger partial charge on any atom is 0.280 e. The first kappa shape index (κ1) is 17.5. The molecule has 8 heteroatoms. The minimum absolute atomic E-state index is 0.108. The molecule has 1 saturated heterocycles.